The number of nitrogens with one attached hydrogen (secondary N) is 1. The molecule has 2 aliphatic heterocycles. The number of amidine groups is 1. The van der Waals surface area contributed by atoms with Crippen LogP contribution in [0.5, 0.6) is 5.75 Å². The van der Waals surface area contributed by atoms with Crippen LogP contribution in [0.4, 0.5) is 0 Å². The van der Waals surface area contributed by atoms with E-state index < -0.39 is 0 Å². The quantitative estimate of drug-likeness (QED) is 0.868. The molecule has 2 fully saturated rings. The Balaban J connectivity index is 1.44. The van der Waals surface area contributed by atoms with Crippen LogP contribution in [0.3, 0.4) is 0 Å². The van der Waals surface area contributed by atoms with Gasteiger partial charge in [-0.3, -0.25) is 4.99 Å². The van der Waals surface area contributed by atoms with Crippen LogP contribution in [-0.2, 0) is 4.74 Å². The Labute approximate surface area is 130 Å². The van der Waals surface area contributed by atoms with Gasteiger partial charge in [0, 0.05) is 19.0 Å². The molecule has 0 radical (unpaired) electrons. The first-order chi connectivity index (χ1) is 10.3. The van der Waals surface area contributed by atoms with Crippen LogP contribution in [0.15, 0.2) is 29.3 Å². The van der Waals surface area contributed by atoms with Crippen LogP contribution >= 0.6 is 11.8 Å². The second kappa shape index (κ2) is 6.71. The minimum absolute atomic E-state index is 0.221. The Morgan fingerprint density at radius 3 is 3.05 bits per heavy atom. The summed E-state index contributed by atoms with van der Waals surface area (Å²) in [6.45, 7) is 5.09. The summed E-state index contributed by atoms with van der Waals surface area (Å²) in [5.41, 5.74) is 1.44. The highest BCUT2D eigenvalue weighted by molar-refractivity contribution is 8.14. The van der Waals surface area contributed by atoms with Crippen molar-refractivity contribution in [2.45, 2.75) is 25.3 Å². The number of nitrogens with zero attached hydrogens (tertiary/aromatic N) is 1. The molecular weight excluding hydrogens is 284 g/mol. The molecule has 4 nitrogen and oxygen atoms in total. The molecule has 0 aliphatic carbocycles. The first-order valence-electron chi connectivity index (χ1n) is 7.48. The molecule has 0 atom stereocenters. The fourth-order valence-corrected chi connectivity index (χ4v) is 3.88. The van der Waals surface area contributed by atoms with E-state index in [4.69, 9.17) is 9.47 Å². The monoisotopic (exact) mass is 306 g/mol. The largest absolute Gasteiger partial charge is 0.492 e. The molecule has 0 aromatic heterocycles. The van der Waals surface area contributed by atoms with Gasteiger partial charge in [-0.15, -0.1) is 0 Å². The summed E-state index contributed by atoms with van der Waals surface area (Å²) in [4.78, 5) is 4.61. The van der Waals surface area contributed by atoms with Gasteiger partial charge in [0.1, 0.15) is 12.4 Å². The summed E-state index contributed by atoms with van der Waals surface area (Å²) in [6, 6.07) is 8.12. The SMILES string of the molecule is Cc1cccc(OCCN=C2NC3(CCOCC3)CS2)c1. The topological polar surface area (TPSA) is 42.8 Å². The maximum Gasteiger partial charge on any atom is 0.157 e. The van der Waals surface area contributed by atoms with Gasteiger partial charge in [0.15, 0.2) is 5.17 Å². The van der Waals surface area contributed by atoms with Crippen molar-refractivity contribution in [2.24, 2.45) is 4.99 Å². The Morgan fingerprint density at radius 1 is 1.38 bits per heavy atom. The third kappa shape index (κ3) is 3.92. The van der Waals surface area contributed by atoms with Crippen molar-refractivity contribution >= 4 is 16.9 Å². The van der Waals surface area contributed by atoms with E-state index in [1.54, 1.807) is 0 Å². The molecule has 1 aromatic rings. The summed E-state index contributed by atoms with van der Waals surface area (Å²) in [7, 11) is 0. The van der Waals surface area contributed by atoms with E-state index >= 15 is 0 Å². The van der Waals surface area contributed by atoms with Crippen LogP contribution < -0.4 is 10.1 Å². The Bertz CT molecular complexity index is 513. The molecule has 5 heteroatoms. The Hall–Kier alpha value is -1.20. The van der Waals surface area contributed by atoms with Gasteiger partial charge in [-0.05, 0) is 37.5 Å². The average Bonchev–Trinajstić information content (AvgIpc) is 2.87. The lowest BCUT2D eigenvalue weighted by Crippen LogP contribution is -2.48. The molecule has 2 heterocycles. The third-order valence-electron chi connectivity index (χ3n) is 3.91. The van der Waals surface area contributed by atoms with Gasteiger partial charge in [0.05, 0.1) is 12.1 Å². The van der Waals surface area contributed by atoms with Crippen molar-refractivity contribution in [3.05, 3.63) is 29.8 Å². The van der Waals surface area contributed by atoms with Gasteiger partial charge in [-0.1, -0.05) is 23.9 Å². The second-order valence-electron chi connectivity index (χ2n) is 5.66. The van der Waals surface area contributed by atoms with Crippen molar-refractivity contribution in [3.63, 3.8) is 0 Å². The predicted molar refractivity (Wildman–Crippen MR) is 87.4 cm³/mol. The number of ether oxygens (including phenoxy) is 2. The van der Waals surface area contributed by atoms with Gasteiger partial charge in [0.25, 0.3) is 0 Å². The van der Waals surface area contributed by atoms with Crippen molar-refractivity contribution in [1.29, 1.82) is 0 Å². The van der Waals surface area contributed by atoms with E-state index in [1.165, 1.54) is 5.56 Å². The van der Waals surface area contributed by atoms with E-state index in [1.807, 2.05) is 30.0 Å². The smallest absolute Gasteiger partial charge is 0.157 e. The lowest BCUT2D eigenvalue weighted by atomic mass is 9.93. The highest BCUT2D eigenvalue weighted by atomic mass is 32.2. The molecule has 21 heavy (non-hydrogen) atoms. The lowest BCUT2D eigenvalue weighted by Gasteiger charge is -2.32. The molecule has 1 aromatic carbocycles. The fourth-order valence-electron chi connectivity index (χ4n) is 2.64. The Kier molecular flexibility index (Phi) is 4.70. The van der Waals surface area contributed by atoms with Crippen LogP contribution in [-0.4, -0.2) is 42.8 Å². The molecule has 3 rings (SSSR count). The summed E-state index contributed by atoms with van der Waals surface area (Å²) in [6.07, 6.45) is 2.16. The van der Waals surface area contributed by atoms with Crippen molar-refractivity contribution in [2.75, 3.05) is 32.1 Å². The van der Waals surface area contributed by atoms with Crippen molar-refractivity contribution < 1.29 is 9.47 Å². The molecule has 2 saturated heterocycles. The lowest BCUT2D eigenvalue weighted by molar-refractivity contribution is 0.0555. The normalized spacial score (nSPS) is 22.4. The maximum atomic E-state index is 5.72. The maximum absolute atomic E-state index is 5.72. The second-order valence-corrected chi connectivity index (χ2v) is 6.62. The third-order valence-corrected chi connectivity index (χ3v) is 5.11. The van der Waals surface area contributed by atoms with E-state index in [2.05, 4.69) is 23.3 Å². The zero-order valence-electron chi connectivity index (χ0n) is 12.4. The van der Waals surface area contributed by atoms with Crippen LogP contribution in [0, 0.1) is 6.92 Å². The van der Waals surface area contributed by atoms with Gasteiger partial charge >= 0.3 is 0 Å². The molecular formula is C16H22N2O2S. The molecule has 114 valence electrons. The van der Waals surface area contributed by atoms with E-state index in [0.29, 0.717) is 13.2 Å². The molecule has 0 saturated carbocycles. The first-order valence-corrected chi connectivity index (χ1v) is 8.47. The van der Waals surface area contributed by atoms with E-state index in [-0.39, 0.29) is 5.54 Å². The number of aliphatic imine (C=N–C) groups is 1. The van der Waals surface area contributed by atoms with Crippen LogP contribution in [0.25, 0.3) is 0 Å². The predicted octanol–water partition coefficient (Wildman–Crippen LogP) is 2.62. The zero-order valence-corrected chi connectivity index (χ0v) is 13.2. The summed E-state index contributed by atoms with van der Waals surface area (Å²) >= 11 is 1.82. The van der Waals surface area contributed by atoms with Crippen LogP contribution in [0.1, 0.15) is 18.4 Å². The molecule has 0 unspecified atom stereocenters. The number of thioether (sulfide) groups is 1. The molecule has 0 bridgehead atoms. The molecule has 1 spiro atoms. The summed E-state index contributed by atoms with van der Waals surface area (Å²) in [5, 5.41) is 4.65. The number of hydrogen-bond donors (Lipinski definition) is 1. The highest BCUT2D eigenvalue weighted by Gasteiger charge is 2.38. The van der Waals surface area contributed by atoms with E-state index in [9.17, 15) is 0 Å². The van der Waals surface area contributed by atoms with Gasteiger partial charge < -0.3 is 14.8 Å². The zero-order chi connectivity index (χ0) is 14.5. The van der Waals surface area contributed by atoms with Crippen molar-refractivity contribution in [3.8, 4) is 5.75 Å². The number of aryl methyl sites for hydroxylation is 1. The van der Waals surface area contributed by atoms with Gasteiger partial charge in [-0.25, -0.2) is 0 Å². The van der Waals surface area contributed by atoms with Crippen molar-refractivity contribution in [1.82, 2.24) is 5.32 Å². The minimum atomic E-state index is 0.221. The van der Waals surface area contributed by atoms with Gasteiger partial charge in [0.2, 0.25) is 0 Å². The van der Waals surface area contributed by atoms with Gasteiger partial charge in [-0.2, -0.15) is 0 Å². The minimum Gasteiger partial charge on any atom is -0.492 e. The summed E-state index contributed by atoms with van der Waals surface area (Å²) in [5.74, 6) is 2.02. The molecule has 2 aliphatic rings. The highest BCUT2D eigenvalue weighted by Crippen LogP contribution is 2.31. The standard InChI is InChI=1S/C16H22N2O2S/c1-13-3-2-4-14(11-13)20-10-7-17-15-18-16(12-21-15)5-8-19-9-6-16/h2-4,11H,5-10,12H2,1H3,(H,17,18). The fraction of sp³-hybridized carbons (Fsp3) is 0.562. The number of hydrogen-bond acceptors (Lipinski definition) is 4. The molecule has 0 amide bonds. The Morgan fingerprint density at radius 2 is 2.24 bits per heavy atom. The van der Waals surface area contributed by atoms with Crippen LogP contribution in [0.2, 0.25) is 0 Å². The first kappa shape index (κ1) is 14.7. The average molecular weight is 306 g/mol. The number of rotatable bonds is 4. The molecule has 1 N–H and O–H groups in total. The summed E-state index contributed by atoms with van der Waals surface area (Å²) < 4.78 is 11.2. The number of benzene rings is 1. The van der Waals surface area contributed by atoms with E-state index in [0.717, 1.165) is 42.7 Å².